The summed E-state index contributed by atoms with van der Waals surface area (Å²) >= 11 is 0. The molecule has 0 aromatic heterocycles. The number of urea groups is 1. The number of rotatable bonds is 7. The molecule has 2 atom stereocenters. The van der Waals surface area contributed by atoms with E-state index in [1.807, 2.05) is 49.4 Å². The van der Waals surface area contributed by atoms with Crippen LogP contribution in [0.2, 0.25) is 0 Å². The van der Waals surface area contributed by atoms with E-state index < -0.39 is 35.8 Å². The summed E-state index contributed by atoms with van der Waals surface area (Å²) in [6, 6.07) is 12.5. The van der Waals surface area contributed by atoms with Gasteiger partial charge in [-0.3, -0.25) is 14.4 Å². The van der Waals surface area contributed by atoms with Crippen LogP contribution in [0.5, 0.6) is 0 Å². The maximum atomic E-state index is 12.6. The number of hydrogen-bond donors (Lipinski definition) is 3. The highest BCUT2D eigenvalue weighted by atomic mass is 16.4. The first-order chi connectivity index (χ1) is 15.6. The van der Waals surface area contributed by atoms with E-state index in [-0.39, 0.29) is 6.42 Å². The van der Waals surface area contributed by atoms with Crippen molar-refractivity contribution in [1.29, 1.82) is 0 Å². The van der Waals surface area contributed by atoms with Crippen LogP contribution in [0.4, 0.5) is 4.79 Å². The standard InChI is InChI=1S/C25H27N3O5/c1-15-7-9-17(10-8-15)11-18-5-4-6-19(12-18)20(13-21(29)30)26-25(33)27-22-23(31)16(2)14-28(3)24(22)32/h4-10,12,14,20,22H,11,13H2,1-3H3,(H,29,30)(H2,26,27,33). The van der Waals surface area contributed by atoms with E-state index in [4.69, 9.17) is 0 Å². The Morgan fingerprint density at radius 1 is 1.06 bits per heavy atom. The summed E-state index contributed by atoms with van der Waals surface area (Å²) in [6.45, 7) is 3.58. The number of benzene rings is 2. The van der Waals surface area contributed by atoms with E-state index in [1.54, 1.807) is 13.0 Å². The lowest BCUT2D eigenvalue weighted by atomic mass is 9.97. The number of ketones is 1. The minimum absolute atomic E-state index is 0.341. The van der Waals surface area contributed by atoms with Crippen LogP contribution in [-0.2, 0) is 20.8 Å². The van der Waals surface area contributed by atoms with Crippen molar-refractivity contribution >= 4 is 23.7 Å². The van der Waals surface area contributed by atoms with Crippen LogP contribution in [0, 0.1) is 6.92 Å². The number of likely N-dealkylation sites (N-methyl/N-ethyl adjacent to an activating group) is 1. The molecular weight excluding hydrogens is 422 g/mol. The third-order valence-electron chi connectivity index (χ3n) is 5.47. The van der Waals surface area contributed by atoms with E-state index in [2.05, 4.69) is 10.6 Å². The minimum atomic E-state index is -1.35. The van der Waals surface area contributed by atoms with Gasteiger partial charge in [-0.1, -0.05) is 54.1 Å². The zero-order valence-corrected chi connectivity index (χ0v) is 18.8. The molecule has 0 saturated carbocycles. The maximum Gasteiger partial charge on any atom is 0.316 e. The van der Waals surface area contributed by atoms with E-state index in [9.17, 15) is 24.3 Å². The normalized spacial score (nSPS) is 16.8. The maximum absolute atomic E-state index is 12.6. The summed E-state index contributed by atoms with van der Waals surface area (Å²) in [5.41, 5.74) is 4.20. The Bertz CT molecular complexity index is 1110. The lowest BCUT2D eigenvalue weighted by Crippen LogP contribution is -2.56. The van der Waals surface area contributed by atoms with Crippen molar-refractivity contribution in [1.82, 2.24) is 15.5 Å². The summed E-state index contributed by atoms with van der Waals surface area (Å²) in [6.07, 6.45) is 1.71. The van der Waals surface area contributed by atoms with Crippen molar-refractivity contribution in [3.8, 4) is 0 Å². The number of Topliss-reactive ketones (excluding diaryl/α,β-unsaturated/α-hetero) is 1. The van der Waals surface area contributed by atoms with Crippen molar-refractivity contribution in [2.45, 2.75) is 38.8 Å². The zero-order chi connectivity index (χ0) is 24.1. The highest BCUT2D eigenvalue weighted by molar-refractivity contribution is 6.16. The van der Waals surface area contributed by atoms with Gasteiger partial charge in [0.15, 0.2) is 11.8 Å². The van der Waals surface area contributed by atoms with Gasteiger partial charge in [0.1, 0.15) is 0 Å². The molecule has 0 radical (unpaired) electrons. The van der Waals surface area contributed by atoms with E-state index in [1.165, 1.54) is 18.1 Å². The number of nitrogens with one attached hydrogen (secondary N) is 2. The molecule has 3 amide bonds. The largest absolute Gasteiger partial charge is 0.481 e. The first kappa shape index (κ1) is 23.7. The van der Waals surface area contributed by atoms with Gasteiger partial charge in [-0.15, -0.1) is 0 Å². The Labute approximate surface area is 192 Å². The van der Waals surface area contributed by atoms with Gasteiger partial charge in [0.25, 0.3) is 5.91 Å². The van der Waals surface area contributed by atoms with Gasteiger partial charge in [-0.25, -0.2) is 4.79 Å². The molecule has 8 nitrogen and oxygen atoms in total. The highest BCUT2D eigenvalue weighted by Gasteiger charge is 2.35. The molecule has 172 valence electrons. The van der Waals surface area contributed by atoms with Gasteiger partial charge in [0, 0.05) is 18.8 Å². The number of hydrogen-bond acceptors (Lipinski definition) is 4. The van der Waals surface area contributed by atoms with Gasteiger partial charge in [0.2, 0.25) is 0 Å². The van der Waals surface area contributed by atoms with Gasteiger partial charge < -0.3 is 20.6 Å². The average molecular weight is 450 g/mol. The monoisotopic (exact) mass is 449 g/mol. The summed E-state index contributed by atoms with van der Waals surface area (Å²) in [5.74, 6) is -2.15. The predicted molar refractivity (Wildman–Crippen MR) is 122 cm³/mol. The fraction of sp³-hybridized carbons (Fsp3) is 0.280. The Morgan fingerprint density at radius 2 is 1.76 bits per heavy atom. The third-order valence-corrected chi connectivity index (χ3v) is 5.47. The smallest absolute Gasteiger partial charge is 0.316 e. The molecule has 1 heterocycles. The fourth-order valence-corrected chi connectivity index (χ4v) is 3.71. The second-order valence-corrected chi connectivity index (χ2v) is 8.23. The van der Waals surface area contributed by atoms with Crippen LogP contribution in [-0.4, -0.2) is 46.8 Å². The number of carboxylic acids is 1. The number of carboxylic acid groups (broad SMARTS) is 1. The second-order valence-electron chi connectivity index (χ2n) is 8.23. The van der Waals surface area contributed by atoms with Crippen molar-refractivity contribution in [3.05, 3.63) is 82.6 Å². The number of carbonyl (C=O) groups excluding carboxylic acids is 3. The molecule has 0 fully saturated rings. The SMILES string of the molecule is CC1=CN(C)C(=O)C(NC(=O)NC(CC(=O)O)c2cccc(Cc3ccc(C)cc3)c2)C1=O. The number of carbonyl (C=O) groups is 4. The quantitative estimate of drug-likeness (QED) is 0.562. The van der Waals surface area contributed by atoms with E-state index in [0.717, 1.165) is 16.7 Å². The van der Waals surface area contributed by atoms with Gasteiger partial charge in [0.05, 0.1) is 12.5 Å². The molecule has 3 rings (SSSR count). The first-order valence-corrected chi connectivity index (χ1v) is 10.6. The number of aliphatic carboxylic acids is 1. The average Bonchev–Trinajstić information content (AvgIpc) is 2.76. The lowest BCUT2D eigenvalue weighted by Gasteiger charge is -2.27. The van der Waals surface area contributed by atoms with Crippen LogP contribution in [0.25, 0.3) is 0 Å². The highest BCUT2D eigenvalue weighted by Crippen LogP contribution is 2.21. The number of aryl methyl sites for hydroxylation is 1. The molecule has 0 bridgehead atoms. The Kier molecular flexibility index (Phi) is 7.27. The lowest BCUT2D eigenvalue weighted by molar-refractivity contribution is -0.138. The first-order valence-electron chi connectivity index (χ1n) is 10.6. The van der Waals surface area contributed by atoms with Gasteiger partial charge in [-0.2, -0.15) is 0 Å². The minimum Gasteiger partial charge on any atom is -0.481 e. The molecule has 0 aliphatic carbocycles. The Morgan fingerprint density at radius 3 is 2.42 bits per heavy atom. The summed E-state index contributed by atoms with van der Waals surface area (Å²) < 4.78 is 0. The molecule has 8 heteroatoms. The molecular formula is C25H27N3O5. The van der Waals surface area contributed by atoms with Crippen LogP contribution in [0.1, 0.15) is 41.6 Å². The van der Waals surface area contributed by atoms with E-state index >= 15 is 0 Å². The predicted octanol–water partition coefficient (Wildman–Crippen LogP) is 2.71. The molecule has 2 aromatic rings. The molecule has 2 unspecified atom stereocenters. The second kappa shape index (κ2) is 10.1. The Balaban J connectivity index is 1.76. The molecule has 1 aliphatic rings. The Hall–Kier alpha value is -3.94. The van der Waals surface area contributed by atoms with Gasteiger partial charge >= 0.3 is 12.0 Å². The van der Waals surface area contributed by atoms with Crippen molar-refractivity contribution in [2.75, 3.05) is 7.05 Å². The molecule has 3 N–H and O–H groups in total. The van der Waals surface area contributed by atoms with Crippen LogP contribution < -0.4 is 10.6 Å². The van der Waals surface area contributed by atoms with Crippen LogP contribution in [0.3, 0.4) is 0 Å². The van der Waals surface area contributed by atoms with Crippen LogP contribution >= 0.6 is 0 Å². The topological polar surface area (TPSA) is 116 Å². The molecule has 33 heavy (non-hydrogen) atoms. The third kappa shape index (κ3) is 6.06. The van der Waals surface area contributed by atoms with Crippen LogP contribution in [0.15, 0.2) is 60.3 Å². The summed E-state index contributed by atoms with van der Waals surface area (Å²) in [5, 5.41) is 14.4. The van der Waals surface area contributed by atoms with Crippen molar-refractivity contribution < 1.29 is 24.3 Å². The molecule has 1 aliphatic heterocycles. The van der Waals surface area contributed by atoms with Gasteiger partial charge in [-0.05, 0) is 37.0 Å². The zero-order valence-electron chi connectivity index (χ0n) is 18.8. The fourth-order valence-electron chi connectivity index (χ4n) is 3.71. The van der Waals surface area contributed by atoms with Crippen molar-refractivity contribution in [2.24, 2.45) is 0 Å². The number of amides is 3. The number of nitrogens with zero attached hydrogens (tertiary/aromatic N) is 1. The van der Waals surface area contributed by atoms with E-state index in [0.29, 0.717) is 17.6 Å². The molecule has 2 aromatic carbocycles. The molecule has 0 spiro atoms. The van der Waals surface area contributed by atoms with Crippen molar-refractivity contribution in [3.63, 3.8) is 0 Å². The molecule has 0 saturated heterocycles. The summed E-state index contributed by atoms with van der Waals surface area (Å²) in [7, 11) is 1.50. The summed E-state index contributed by atoms with van der Waals surface area (Å²) in [4.78, 5) is 50.0.